The van der Waals surface area contributed by atoms with Gasteiger partial charge >= 0.3 is 0 Å². The van der Waals surface area contributed by atoms with Gasteiger partial charge in [-0.25, -0.2) is 16.0 Å². The molecule has 0 aromatic carbocycles. The van der Waals surface area contributed by atoms with Gasteiger partial charge in [-0.05, 0) is 13.3 Å². The summed E-state index contributed by atoms with van der Waals surface area (Å²) in [5.41, 5.74) is 7.36. The fourth-order valence-electron chi connectivity index (χ4n) is 1.04. The van der Waals surface area contributed by atoms with Gasteiger partial charge in [-0.15, -0.1) is 11.6 Å². The Morgan fingerprint density at radius 1 is 1.31 bits per heavy atom. The smallest absolute Gasteiger partial charge is 0.0433 e. The Balaban J connectivity index is 0. The van der Waals surface area contributed by atoms with Crippen LogP contribution in [0.5, 0.6) is 0 Å². The van der Waals surface area contributed by atoms with Crippen LogP contribution in [0.1, 0.15) is 26.7 Å². The fourth-order valence-corrected chi connectivity index (χ4v) is 1.04. The minimum atomic E-state index is 1.10. The molecule has 0 atom stereocenters. The third-order valence-corrected chi connectivity index (χ3v) is 1.57. The summed E-state index contributed by atoms with van der Waals surface area (Å²) in [6.07, 6.45) is 5.84. The number of alkyl halides is 1. The topological polar surface area (TPSA) is 27.3 Å². The molecular formula is C9H22ClN3. The predicted octanol–water partition coefficient (Wildman–Crippen LogP) is 2.12. The average Bonchev–Trinajstić information content (AvgIpc) is 2.21. The van der Waals surface area contributed by atoms with Gasteiger partial charge in [0.25, 0.3) is 0 Å². The quantitative estimate of drug-likeness (QED) is 0.534. The second kappa shape index (κ2) is 11.8. The molecule has 80 valence electrons. The molecule has 0 rings (SSSR count). The summed E-state index contributed by atoms with van der Waals surface area (Å²) in [4.78, 5) is 0. The van der Waals surface area contributed by atoms with Crippen LogP contribution in [0.3, 0.4) is 0 Å². The molecule has 0 amide bonds. The number of rotatable bonds is 5. The summed E-state index contributed by atoms with van der Waals surface area (Å²) in [5.74, 6) is 0. The molecule has 0 radical (unpaired) electrons. The monoisotopic (exact) mass is 207 g/mol. The van der Waals surface area contributed by atoms with Crippen molar-refractivity contribution in [1.29, 1.82) is 0 Å². The van der Waals surface area contributed by atoms with E-state index in [2.05, 4.69) is 35.5 Å². The highest BCUT2D eigenvalue weighted by molar-refractivity contribution is 6.15. The van der Waals surface area contributed by atoms with Gasteiger partial charge in [0.1, 0.15) is 0 Å². The Labute approximate surface area is 87.1 Å². The molecule has 0 heterocycles. The maximum absolute atomic E-state index is 4.64. The van der Waals surface area contributed by atoms with Crippen molar-refractivity contribution in [2.45, 2.75) is 26.7 Å². The van der Waals surface area contributed by atoms with Crippen molar-refractivity contribution < 1.29 is 0 Å². The van der Waals surface area contributed by atoms with Gasteiger partial charge in [-0.3, -0.25) is 0 Å². The Morgan fingerprint density at radius 3 is 2.00 bits per heavy atom. The highest BCUT2D eigenvalue weighted by atomic mass is 35.5. The maximum atomic E-state index is 4.64. The summed E-state index contributed by atoms with van der Waals surface area (Å²) >= 11 is 4.64. The van der Waals surface area contributed by atoms with Crippen LogP contribution in [0.4, 0.5) is 0 Å². The lowest BCUT2D eigenvalue weighted by Gasteiger charge is -2.24. The summed E-state index contributed by atoms with van der Waals surface area (Å²) in [6.45, 7) is 4.22. The van der Waals surface area contributed by atoms with Crippen molar-refractivity contribution in [3.63, 3.8) is 0 Å². The van der Waals surface area contributed by atoms with Crippen LogP contribution in [0.25, 0.3) is 0 Å². The number of nitrogens with zero attached hydrogens (tertiary/aromatic N) is 1. The minimum absolute atomic E-state index is 1.10. The third-order valence-electron chi connectivity index (χ3n) is 1.57. The standard InChI is InChI=1S/C8H19N3.CH3Cl/c1-5-7-8(6-2)11(9-3)10-4;1-2/h6,9-10H,5,7H2,1-4H3;1H3. The van der Waals surface area contributed by atoms with Crippen molar-refractivity contribution in [2.24, 2.45) is 0 Å². The Bertz CT molecular complexity index is 122. The number of hydrogen-bond acceptors (Lipinski definition) is 3. The van der Waals surface area contributed by atoms with Crippen molar-refractivity contribution in [3.05, 3.63) is 11.8 Å². The van der Waals surface area contributed by atoms with Gasteiger partial charge in [0.15, 0.2) is 0 Å². The normalized spacial score (nSPS) is 10.5. The molecule has 4 heteroatoms. The van der Waals surface area contributed by atoms with Gasteiger partial charge in [0, 0.05) is 26.2 Å². The molecule has 0 aliphatic carbocycles. The Hall–Kier alpha value is -0.250. The van der Waals surface area contributed by atoms with Crippen molar-refractivity contribution in [1.82, 2.24) is 16.0 Å². The van der Waals surface area contributed by atoms with E-state index in [-0.39, 0.29) is 0 Å². The largest absolute Gasteiger partial charge is 0.247 e. The van der Waals surface area contributed by atoms with Crippen LogP contribution in [-0.4, -0.2) is 25.6 Å². The summed E-state index contributed by atoms with van der Waals surface area (Å²) in [5, 5.41) is 1.92. The molecule has 0 fully saturated rings. The van der Waals surface area contributed by atoms with Crippen LogP contribution < -0.4 is 10.9 Å². The van der Waals surface area contributed by atoms with E-state index < -0.39 is 0 Å². The highest BCUT2D eigenvalue weighted by Crippen LogP contribution is 2.05. The van der Waals surface area contributed by atoms with Gasteiger partial charge < -0.3 is 0 Å². The van der Waals surface area contributed by atoms with Crippen LogP contribution in [-0.2, 0) is 0 Å². The first-order chi connectivity index (χ1) is 6.29. The van der Waals surface area contributed by atoms with Crippen molar-refractivity contribution >= 4 is 11.6 Å². The SMILES string of the molecule is CC=C(CCC)N(NC)NC.CCl. The summed E-state index contributed by atoms with van der Waals surface area (Å²) < 4.78 is 0. The molecule has 0 aliphatic heterocycles. The van der Waals surface area contributed by atoms with Gasteiger partial charge in [-0.1, -0.05) is 19.4 Å². The molecule has 0 saturated carbocycles. The number of nitrogens with one attached hydrogen (secondary N) is 2. The van der Waals surface area contributed by atoms with E-state index in [0.29, 0.717) is 0 Å². The van der Waals surface area contributed by atoms with Gasteiger partial charge in [-0.2, -0.15) is 0 Å². The van der Waals surface area contributed by atoms with Crippen molar-refractivity contribution in [3.8, 4) is 0 Å². The van der Waals surface area contributed by atoms with E-state index in [0.717, 1.165) is 6.42 Å². The highest BCUT2D eigenvalue weighted by Gasteiger charge is 2.01. The van der Waals surface area contributed by atoms with Gasteiger partial charge in [0.2, 0.25) is 0 Å². The second-order valence-electron chi connectivity index (χ2n) is 2.31. The lowest BCUT2D eigenvalue weighted by Crippen LogP contribution is -2.43. The van der Waals surface area contributed by atoms with E-state index in [1.807, 2.05) is 26.1 Å². The zero-order valence-corrected chi connectivity index (χ0v) is 10.1. The first-order valence-electron chi connectivity index (χ1n) is 4.48. The first kappa shape index (κ1) is 15.2. The predicted molar refractivity (Wildman–Crippen MR) is 60.4 cm³/mol. The van der Waals surface area contributed by atoms with E-state index in [1.165, 1.54) is 18.5 Å². The van der Waals surface area contributed by atoms with Crippen LogP contribution >= 0.6 is 11.6 Å². The molecular weight excluding hydrogens is 186 g/mol. The first-order valence-corrected chi connectivity index (χ1v) is 5.23. The summed E-state index contributed by atoms with van der Waals surface area (Å²) in [7, 11) is 3.80. The van der Waals surface area contributed by atoms with Crippen molar-refractivity contribution in [2.75, 3.05) is 20.5 Å². The molecule has 0 aromatic rings. The molecule has 0 spiro atoms. The van der Waals surface area contributed by atoms with Crippen LogP contribution in [0.15, 0.2) is 11.8 Å². The van der Waals surface area contributed by atoms with Crippen LogP contribution in [0.2, 0.25) is 0 Å². The number of allylic oxidation sites excluding steroid dienone is 2. The maximum Gasteiger partial charge on any atom is 0.0433 e. The van der Waals surface area contributed by atoms with E-state index in [4.69, 9.17) is 0 Å². The molecule has 13 heavy (non-hydrogen) atoms. The fraction of sp³-hybridized carbons (Fsp3) is 0.778. The van der Waals surface area contributed by atoms with Crippen LogP contribution in [0, 0.1) is 0 Å². The Kier molecular flexibility index (Phi) is 13.8. The van der Waals surface area contributed by atoms with Gasteiger partial charge in [0.05, 0.1) is 0 Å². The molecule has 2 N–H and O–H groups in total. The Morgan fingerprint density at radius 2 is 1.77 bits per heavy atom. The number of halogens is 1. The lowest BCUT2D eigenvalue weighted by atomic mass is 10.2. The molecule has 0 aliphatic rings. The van der Waals surface area contributed by atoms with E-state index in [9.17, 15) is 0 Å². The minimum Gasteiger partial charge on any atom is -0.247 e. The lowest BCUT2D eigenvalue weighted by molar-refractivity contribution is 0.194. The van der Waals surface area contributed by atoms with E-state index in [1.54, 1.807) is 0 Å². The van der Waals surface area contributed by atoms with E-state index >= 15 is 0 Å². The zero-order chi connectivity index (χ0) is 10.7. The molecule has 3 nitrogen and oxygen atoms in total. The number of hydrogen-bond donors (Lipinski definition) is 2. The summed E-state index contributed by atoms with van der Waals surface area (Å²) in [6, 6.07) is 0. The average molecular weight is 208 g/mol. The second-order valence-corrected chi connectivity index (χ2v) is 2.31. The molecule has 0 unspecified atom stereocenters. The number of hydrazine groups is 2. The zero-order valence-electron chi connectivity index (χ0n) is 9.32. The molecule has 0 bridgehead atoms. The third kappa shape index (κ3) is 6.87. The molecule has 0 saturated heterocycles. The molecule has 0 aromatic heterocycles.